The highest BCUT2D eigenvalue weighted by Crippen LogP contribution is 2.39. The summed E-state index contributed by atoms with van der Waals surface area (Å²) >= 11 is 0. The maximum atomic E-state index is 12.0. The van der Waals surface area contributed by atoms with Crippen LogP contribution >= 0.6 is 21.6 Å². The molecule has 1 amide bonds. The Hall–Kier alpha value is -1.14. The van der Waals surface area contributed by atoms with E-state index < -0.39 is 0 Å². The Bertz CT molecular complexity index is 665. The van der Waals surface area contributed by atoms with Gasteiger partial charge in [0.2, 0.25) is 5.91 Å². The van der Waals surface area contributed by atoms with Gasteiger partial charge in [-0.2, -0.15) is 0 Å². The van der Waals surface area contributed by atoms with Crippen molar-refractivity contribution in [2.24, 2.45) is 7.05 Å². The zero-order valence-electron chi connectivity index (χ0n) is 13.5. The van der Waals surface area contributed by atoms with Crippen LogP contribution in [0, 0.1) is 0 Å². The van der Waals surface area contributed by atoms with Crippen LogP contribution in [-0.4, -0.2) is 26.5 Å². The minimum Gasteiger partial charge on any atom is -0.349 e. The monoisotopic (exact) mass is 349 g/mol. The predicted octanol–water partition coefficient (Wildman–Crippen LogP) is 3.90. The van der Waals surface area contributed by atoms with Crippen molar-refractivity contribution in [2.75, 3.05) is 5.75 Å². The first kappa shape index (κ1) is 16.7. The summed E-state index contributed by atoms with van der Waals surface area (Å²) in [5, 5.41) is 3.81. The molecule has 1 aromatic heterocycles. The molecule has 1 aliphatic rings. The molecule has 4 nitrogen and oxygen atoms in total. The second-order valence-corrected chi connectivity index (χ2v) is 8.71. The number of unbranched alkanes of at least 4 members (excludes halogenated alkanes) is 1. The Kier molecular flexibility index (Phi) is 5.89. The number of aromatic nitrogens is 2. The molecule has 23 heavy (non-hydrogen) atoms. The quantitative estimate of drug-likeness (QED) is 0.608. The number of benzene rings is 1. The number of amides is 1. The molecular formula is C17H23N3OS2. The van der Waals surface area contributed by atoms with E-state index in [1.54, 1.807) is 0 Å². The lowest BCUT2D eigenvalue weighted by molar-refractivity contribution is -0.121. The number of carbonyl (C=O) groups is 1. The first-order valence-corrected chi connectivity index (χ1v) is 10.6. The number of aryl methyl sites for hydroxylation is 1. The van der Waals surface area contributed by atoms with Gasteiger partial charge in [0.25, 0.3) is 0 Å². The first-order chi connectivity index (χ1) is 11.2. The molecule has 3 rings (SSSR count). The van der Waals surface area contributed by atoms with Crippen molar-refractivity contribution in [1.82, 2.24) is 14.9 Å². The number of fused-ring (bicyclic) bond motifs is 1. The van der Waals surface area contributed by atoms with E-state index in [9.17, 15) is 4.79 Å². The Morgan fingerprint density at radius 2 is 2.26 bits per heavy atom. The fourth-order valence-corrected chi connectivity index (χ4v) is 5.87. The number of nitrogens with zero attached hydrogens (tertiary/aromatic N) is 2. The van der Waals surface area contributed by atoms with Gasteiger partial charge in [-0.1, -0.05) is 40.1 Å². The highest BCUT2D eigenvalue weighted by atomic mass is 33.1. The molecule has 2 heterocycles. The Morgan fingerprint density at radius 1 is 1.39 bits per heavy atom. The number of rotatable bonds is 7. The third-order valence-corrected chi connectivity index (χ3v) is 7.24. The van der Waals surface area contributed by atoms with Crippen molar-refractivity contribution in [2.45, 2.75) is 43.9 Å². The van der Waals surface area contributed by atoms with Crippen LogP contribution in [0.2, 0.25) is 0 Å². The summed E-state index contributed by atoms with van der Waals surface area (Å²) in [6.45, 7) is 0.499. The van der Waals surface area contributed by atoms with E-state index in [1.165, 1.54) is 18.6 Å². The molecule has 1 aromatic carbocycles. The molecule has 1 saturated heterocycles. The summed E-state index contributed by atoms with van der Waals surface area (Å²) in [5.74, 6) is 2.32. The van der Waals surface area contributed by atoms with Crippen LogP contribution in [0.25, 0.3) is 11.0 Å². The van der Waals surface area contributed by atoms with Gasteiger partial charge in [0.1, 0.15) is 5.82 Å². The topological polar surface area (TPSA) is 46.9 Å². The average molecular weight is 350 g/mol. The molecule has 1 atom stereocenters. The number of hydrogen-bond donors (Lipinski definition) is 1. The maximum absolute atomic E-state index is 12.0. The number of nitrogens with one attached hydrogen (secondary N) is 1. The van der Waals surface area contributed by atoms with Crippen molar-refractivity contribution in [3.63, 3.8) is 0 Å². The average Bonchev–Trinajstić information content (AvgIpc) is 3.18. The van der Waals surface area contributed by atoms with E-state index >= 15 is 0 Å². The first-order valence-electron chi connectivity index (χ1n) is 8.19. The van der Waals surface area contributed by atoms with Crippen molar-refractivity contribution in [3.8, 4) is 0 Å². The number of para-hydroxylation sites is 2. The van der Waals surface area contributed by atoms with Gasteiger partial charge in [-0.3, -0.25) is 4.79 Å². The van der Waals surface area contributed by atoms with Crippen LogP contribution in [0.1, 0.15) is 37.9 Å². The minimum atomic E-state index is 0.130. The molecule has 2 aromatic rings. The van der Waals surface area contributed by atoms with Crippen molar-refractivity contribution < 1.29 is 4.79 Å². The Balaban J connectivity index is 1.40. The second kappa shape index (κ2) is 8.11. The summed E-state index contributed by atoms with van der Waals surface area (Å²) in [5.41, 5.74) is 2.08. The van der Waals surface area contributed by atoms with E-state index in [4.69, 9.17) is 0 Å². The van der Waals surface area contributed by atoms with E-state index in [2.05, 4.69) is 10.3 Å². The summed E-state index contributed by atoms with van der Waals surface area (Å²) < 4.78 is 2.05. The molecule has 1 aliphatic heterocycles. The molecule has 1 fully saturated rings. The van der Waals surface area contributed by atoms with Crippen LogP contribution in [-0.2, 0) is 18.4 Å². The fraction of sp³-hybridized carbons (Fsp3) is 0.529. The fourth-order valence-electron chi connectivity index (χ4n) is 2.84. The maximum Gasteiger partial charge on any atom is 0.220 e. The highest BCUT2D eigenvalue weighted by Gasteiger charge is 2.16. The number of imidazole rings is 1. The number of carbonyl (C=O) groups excluding carboxylic acids is 1. The standard InChI is InChI=1S/C17H23N3OS2/c1-20-15-8-4-3-7-14(15)19-16(20)12-18-17(21)9-5-2-6-13-10-11-22-23-13/h3-4,7-8,13H,2,5-6,9-12H2,1H3,(H,18,21). The van der Waals surface area contributed by atoms with Crippen LogP contribution in [0.5, 0.6) is 0 Å². The zero-order chi connectivity index (χ0) is 16.1. The largest absolute Gasteiger partial charge is 0.349 e. The Labute approximate surface area is 145 Å². The summed E-state index contributed by atoms with van der Waals surface area (Å²) in [7, 11) is 5.99. The molecule has 124 valence electrons. The van der Waals surface area contributed by atoms with Crippen LogP contribution in [0.4, 0.5) is 0 Å². The van der Waals surface area contributed by atoms with Crippen LogP contribution in [0.15, 0.2) is 24.3 Å². The Morgan fingerprint density at radius 3 is 3.04 bits per heavy atom. The lowest BCUT2D eigenvalue weighted by Crippen LogP contribution is -2.24. The van der Waals surface area contributed by atoms with Gasteiger partial charge in [0.15, 0.2) is 0 Å². The molecule has 0 saturated carbocycles. The third kappa shape index (κ3) is 4.44. The normalized spacial score (nSPS) is 17.7. The van der Waals surface area contributed by atoms with E-state index in [0.717, 1.165) is 34.9 Å². The van der Waals surface area contributed by atoms with E-state index in [1.807, 2.05) is 57.5 Å². The van der Waals surface area contributed by atoms with Gasteiger partial charge in [-0.05, 0) is 31.4 Å². The SMILES string of the molecule is Cn1c(CNC(=O)CCCCC2CCSS2)nc2ccccc21. The number of hydrogen-bond acceptors (Lipinski definition) is 4. The highest BCUT2D eigenvalue weighted by molar-refractivity contribution is 8.77. The summed E-state index contributed by atoms with van der Waals surface area (Å²) in [6.07, 6.45) is 5.33. The lowest BCUT2D eigenvalue weighted by Gasteiger charge is -2.07. The van der Waals surface area contributed by atoms with Crippen molar-refractivity contribution >= 4 is 38.5 Å². The minimum absolute atomic E-state index is 0.130. The van der Waals surface area contributed by atoms with Crippen molar-refractivity contribution in [1.29, 1.82) is 0 Å². The van der Waals surface area contributed by atoms with E-state index in [0.29, 0.717) is 13.0 Å². The van der Waals surface area contributed by atoms with Gasteiger partial charge in [-0.15, -0.1) is 0 Å². The molecular weight excluding hydrogens is 326 g/mol. The van der Waals surface area contributed by atoms with Gasteiger partial charge in [0, 0.05) is 24.5 Å². The molecule has 1 N–H and O–H groups in total. The predicted molar refractivity (Wildman–Crippen MR) is 99.5 cm³/mol. The zero-order valence-corrected chi connectivity index (χ0v) is 15.1. The third-order valence-electron chi connectivity index (χ3n) is 4.23. The summed E-state index contributed by atoms with van der Waals surface area (Å²) in [4.78, 5) is 16.6. The van der Waals surface area contributed by atoms with Crippen molar-refractivity contribution in [3.05, 3.63) is 30.1 Å². The molecule has 0 aliphatic carbocycles. The molecule has 0 radical (unpaired) electrons. The van der Waals surface area contributed by atoms with Gasteiger partial charge in [0.05, 0.1) is 17.6 Å². The van der Waals surface area contributed by atoms with Crippen LogP contribution in [0.3, 0.4) is 0 Å². The molecule has 6 heteroatoms. The van der Waals surface area contributed by atoms with Crippen LogP contribution < -0.4 is 5.32 Å². The second-order valence-electron chi connectivity index (χ2n) is 5.93. The molecule has 1 unspecified atom stereocenters. The lowest BCUT2D eigenvalue weighted by atomic mass is 10.1. The van der Waals surface area contributed by atoms with E-state index in [-0.39, 0.29) is 5.91 Å². The smallest absolute Gasteiger partial charge is 0.220 e. The molecule has 0 spiro atoms. The summed E-state index contributed by atoms with van der Waals surface area (Å²) in [6, 6.07) is 8.04. The van der Waals surface area contributed by atoms with Gasteiger partial charge >= 0.3 is 0 Å². The molecule has 0 bridgehead atoms. The van der Waals surface area contributed by atoms with Gasteiger partial charge in [-0.25, -0.2) is 4.98 Å². The van der Waals surface area contributed by atoms with Gasteiger partial charge < -0.3 is 9.88 Å².